The lowest BCUT2D eigenvalue weighted by molar-refractivity contribution is 0.287. The molecule has 5 heteroatoms. The number of ether oxygens (including phenoxy) is 1. The van der Waals surface area contributed by atoms with Crippen molar-refractivity contribution in [3.8, 4) is 17.6 Å². The van der Waals surface area contributed by atoms with Crippen LogP contribution < -0.4 is 4.74 Å². The van der Waals surface area contributed by atoms with Crippen LogP contribution in [0, 0.1) is 23.5 Å². The molecule has 0 bridgehead atoms. The summed E-state index contributed by atoms with van der Waals surface area (Å²) in [7, 11) is 0. The minimum Gasteiger partial charge on any atom is -0.485 e. The minimum atomic E-state index is -0.987. The van der Waals surface area contributed by atoms with E-state index in [9.17, 15) is 8.78 Å². The molecule has 1 heterocycles. The zero-order valence-corrected chi connectivity index (χ0v) is 10.6. The number of rotatable bonds is 3. The second-order valence-electron chi connectivity index (χ2n) is 3.60. The average molecular weight is 280 g/mol. The first-order valence-electron chi connectivity index (χ1n) is 5.44. The maximum atomic E-state index is 13.3. The fourth-order valence-electron chi connectivity index (χ4n) is 1.41. The summed E-state index contributed by atoms with van der Waals surface area (Å²) < 4.78 is 31.5. The normalized spacial score (nSPS) is 9.84. The van der Waals surface area contributed by atoms with Gasteiger partial charge < -0.3 is 9.84 Å². The first-order valence-corrected chi connectivity index (χ1v) is 6.32. The molecule has 19 heavy (non-hydrogen) atoms. The van der Waals surface area contributed by atoms with E-state index in [1.54, 1.807) is 6.07 Å². The Hall–Kier alpha value is -1.90. The van der Waals surface area contributed by atoms with E-state index in [2.05, 4.69) is 11.8 Å². The number of hydrogen-bond acceptors (Lipinski definition) is 3. The van der Waals surface area contributed by atoms with Crippen molar-refractivity contribution in [2.75, 3.05) is 6.61 Å². The van der Waals surface area contributed by atoms with Crippen LogP contribution in [0.4, 0.5) is 8.78 Å². The van der Waals surface area contributed by atoms with Crippen LogP contribution in [0.2, 0.25) is 0 Å². The molecule has 1 N–H and O–H groups in total. The van der Waals surface area contributed by atoms with Crippen molar-refractivity contribution in [3.63, 3.8) is 0 Å². The molecular formula is C14H10F2O2S. The van der Waals surface area contributed by atoms with E-state index in [4.69, 9.17) is 9.84 Å². The summed E-state index contributed by atoms with van der Waals surface area (Å²) in [6.07, 6.45) is 0. The molecule has 0 aliphatic carbocycles. The van der Waals surface area contributed by atoms with Crippen LogP contribution in [0.1, 0.15) is 10.4 Å². The molecule has 0 spiro atoms. The number of hydrogen-bond donors (Lipinski definition) is 1. The third-order valence-electron chi connectivity index (χ3n) is 2.25. The smallest absolute Gasteiger partial charge is 0.200 e. The van der Waals surface area contributed by atoms with Gasteiger partial charge in [-0.2, -0.15) is 4.39 Å². The predicted molar refractivity (Wildman–Crippen MR) is 69.0 cm³/mol. The first-order chi connectivity index (χ1) is 9.20. The van der Waals surface area contributed by atoms with Gasteiger partial charge in [-0.25, -0.2) is 4.39 Å². The van der Waals surface area contributed by atoms with Gasteiger partial charge in [0.05, 0.1) is 0 Å². The van der Waals surface area contributed by atoms with Gasteiger partial charge in [-0.1, -0.05) is 17.9 Å². The summed E-state index contributed by atoms with van der Waals surface area (Å²) in [6.45, 7) is -0.0535. The van der Waals surface area contributed by atoms with E-state index in [1.165, 1.54) is 23.5 Å². The highest BCUT2D eigenvalue weighted by atomic mass is 32.1. The fourth-order valence-corrected chi connectivity index (χ4v) is 2.14. The highest BCUT2D eigenvalue weighted by Crippen LogP contribution is 2.22. The van der Waals surface area contributed by atoms with Gasteiger partial charge in [-0.05, 0) is 18.2 Å². The van der Waals surface area contributed by atoms with Crippen molar-refractivity contribution < 1.29 is 18.6 Å². The Morgan fingerprint density at radius 3 is 2.95 bits per heavy atom. The second kappa shape index (κ2) is 6.32. The zero-order valence-electron chi connectivity index (χ0n) is 9.82. The van der Waals surface area contributed by atoms with E-state index >= 15 is 0 Å². The van der Waals surface area contributed by atoms with E-state index in [0.717, 1.165) is 16.5 Å². The zero-order chi connectivity index (χ0) is 13.7. The molecule has 2 rings (SSSR count). The molecule has 1 aromatic carbocycles. The van der Waals surface area contributed by atoms with Gasteiger partial charge in [0.25, 0.3) is 0 Å². The molecule has 0 atom stereocenters. The summed E-state index contributed by atoms with van der Waals surface area (Å²) in [6, 6.07) is 5.58. The van der Waals surface area contributed by atoms with Crippen LogP contribution in [0.25, 0.3) is 0 Å². The first kappa shape index (κ1) is 13.5. The molecule has 2 aromatic rings. The molecule has 2 nitrogen and oxygen atoms in total. The number of benzene rings is 1. The summed E-state index contributed by atoms with van der Waals surface area (Å²) in [4.78, 5) is 0.839. The van der Waals surface area contributed by atoms with Crippen molar-refractivity contribution in [2.45, 2.75) is 6.61 Å². The maximum absolute atomic E-state index is 13.3. The number of aliphatic hydroxyl groups is 1. The van der Waals surface area contributed by atoms with Gasteiger partial charge in [-0.15, -0.1) is 11.3 Å². The van der Waals surface area contributed by atoms with Crippen LogP contribution in [-0.2, 0) is 6.61 Å². The summed E-state index contributed by atoms with van der Waals surface area (Å²) >= 11 is 1.40. The standard InChI is InChI=1S/C14H10F2O2S/c15-12-4-1-5-13(14(12)16)18-8-11-7-10(9-19-11)3-2-6-17/h1,4-5,7,9,17H,6,8H2. The largest absolute Gasteiger partial charge is 0.485 e. The molecule has 0 aliphatic heterocycles. The molecule has 0 fully saturated rings. The van der Waals surface area contributed by atoms with Crippen molar-refractivity contribution in [1.29, 1.82) is 0 Å². The van der Waals surface area contributed by atoms with Gasteiger partial charge >= 0.3 is 0 Å². The van der Waals surface area contributed by atoms with Gasteiger partial charge in [0.1, 0.15) is 13.2 Å². The monoisotopic (exact) mass is 280 g/mol. The SMILES string of the molecule is OCC#Cc1csc(COc2cccc(F)c2F)c1. The Morgan fingerprint density at radius 1 is 1.32 bits per heavy atom. The van der Waals surface area contributed by atoms with Crippen LogP contribution in [0.3, 0.4) is 0 Å². The van der Waals surface area contributed by atoms with E-state index in [1.807, 2.05) is 5.38 Å². The van der Waals surface area contributed by atoms with E-state index < -0.39 is 11.6 Å². The van der Waals surface area contributed by atoms with Gasteiger partial charge in [0, 0.05) is 15.8 Å². The maximum Gasteiger partial charge on any atom is 0.200 e. The number of aliphatic hydroxyl groups excluding tert-OH is 1. The molecule has 0 unspecified atom stereocenters. The Kier molecular flexibility index (Phi) is 4.50. The minimum absolute atomic E-state index is 0.114. The summed E-state index contributed by atoms with van der Waals surface area (Å²) in [5.41, 5.74) is 0.761. The molecule has 0 saturated carbocycles. The Bertz CT molecular complexity index is 626. The topological polar surface area (TPSA) is 29.5 Å². The molecule has 0 saturated heterocycles. The Balaban J connectivity index is 2.02. The third kappa shape index (κ3) is 3.53. The van der Waals surface area contributed by atoms with Crippen LogP contribution in [0.15, 0.2) is 29.6 Å². The van der Waals surface area contributed by atoms with Crippen LogP contribution in [0.5, 0.6) is 5.75 Å². The number of thiophene rings is 1. The molecule has 98 valence electrons. The van der Waals surface area contributed by atoms with E-state index in [-0.39, 0.29) is 19.0 Å². The Morgan fingerprint density at radius 2 is 2.16 bits per heavy atom. The third-order valence-corrected chi connectivity index (χ3v) is 3.16. The molecule has 0 aliphatic rings. The lowest BCUT2D eigenvalue weighted by atomic mass is 10.3. The van der Waals surface area contributed by atoms with Crippen molar-refractivity contribution >= 4 is 11.3 Å². The van der Waals surface area contributed by atoms with Crippen LogP contribution >= 0.6 is 11.3 Å². The molecule has 1 aromatic heterocycles. The highest BCUT2D eigenvalue weighted by Gasteiger charge is 2.09. The fraction of sp³-hybridized carbons (Fsp3) is 0.143. The van der Waals surface area contributed by atoms with Crippen molar-refractivity contribution in [1.82, 2.24) is 0 Å². The van der Waals surface area contributed by atoms with Crippen LogP contribution in [-0.4, -0.2) is 11.7 Å². The lowest BCUT2D eigenvalue weighted by Crippen LogP contribution is -1.97. The van der Waals surface area contributed by atoms with Crippen molar-refractivity contribution in [2.24, 2.45) is 0 Å². The predicted octanol–water partition coefficient (Wildman–Crippen LogP) is 2.95. The second-order valence-corrected chi connectivity index (χ2v) is 4.60. The quantitative estimate of drug-likeness (QED) is 0.876. The summed E-state index contributed by atoms with van der Waals surface area (Å²) in [5, 5.41) is 10.4. The average Bonchev–Trinajstić information content (AvgIpc) is 2.86. The van der Waals surface area contributed by atoms with Gasteiger partial charge in [-0.3, -0.25) is 0 Å². The summed E-state index contributed by atoms with van der Waals surface area (Å²) in [5.74, 6) is 3.25. The van der Waals surface area contributed by atoms with E-state index in [0.29, 0.717) is 0 Å². The molecule has 0 amide bonds. The van der Waals surface area contributed by atoms with Gasteiger partial charge in [0.15, 0.2) is 11.6 Å². The molecular weight excluding hydrogens is 270 g/mol. The lowest BCUT2D eigenvalue weighted by Gasteiger charge is -2.05. The Labute approximate surface area is 113 Å². The van der Waals surface area contributed by atoms with Crippen molar-refractivity contribution in [3.05, 3.63) is 51.7 Å². The van der Waals surface area contributed by atoms with Gasteiger partial charge in [0.2, 0.25) is 5.82 Å². The number of halogens is 2. The highest BCUT2D eigenvalue weighted by molar-refractivity contribution is 7.10. The molecule has 0 radical (unpaired) electrons.